The normalized spacial score (nSPS) is 11.6. The van der Waals surface area contributed by atoms with Crippen LogP contribution in [0.1, 0.15) is 27.8 Å². The van der Waals surface area contributed by atoms with Crippen LogP contribution >= 0.6 is 0 Å². The molecule has 0 saturated carbocycles. The van der Waals surface area contributed by atoms with Crippen LogP contribution in [0.4, 0.5) is 0 Å². The number of hydrogen-bond acceptors (Lipinski definition) is 5. The summed E-state index contributed by atoms with van der Waals surface area (Å²) in [5.74, 6) is -0.253. The summed E-state index contributed by atoms with van der Waals surface area (Å²) in [6.45, 7) is 1.54. The van der Waals surface area contributed by atoms with Crippen molar-refractivity contribution in [1.29, 1.82) is 0 Å². The molecule has 1 atom stereocenters. The molecule has 0 radical (unpaired) electrons. The molecule has 0 fully saturated rings. The highest BCUT2D eigenvalue weighted by atomic mass is 16.6. The smallest absolute Gasteiger partial charge is 0.375 e. The highest BCUT2D eigenvalue weighted by Gasteiger charge is 2.24. The van der Waals surface area contributed by atoms with Crippen molar-refractivity contribution in [1.82, 2.24) is 0 Å². The lowest BCUT2D eigenvalue weighted by atomic mass is 10.1. The molecule has 0 saturated heterocycles. The molecule has 1 aromatic heterocycles. The molecule has 2 aromatic carbocycles. The Morgan fingerprint density at radius 1 is 0.962 bits per heavy atom. The number of Topliss-reactive ketones (excluding diaryl/α,β-unsaturated/α-hetero) is 1. The van der Waals surface area contributed by atoms with Crippen LogP contribution in [0, 0.1) is 0 Å². The molecule has 0 N–H and O–H groups in total. The first kappa shape index (κ1) is 17.5. The van der Waals surface area contributed by atoms with Gasteiger partial charge >= 0.3 is 5.97 Å². The SMILES string of the molecule is COc1ccc(C(=O)C(C)OC(=O)c2occc2-c2ccccc2)cc1. The standard InChI is InChI=1S/C21H18O5/c1-14(19(22)16-8-10-17(24-2)11-9-16)26-21(23)20-18(12-13-25-20)15-6-4-3-5-7-15/h3-14H,1-2H3. The summed E-state index contributed by atoms with van der Waals surface area (Å²) in [5.41, 5.74) is 1.90. The molecule has 0 aliphatic rings. The lowest BCUT2D eigenvalue weighted by molar-refractivity contribution is 0.0290. The second kappa shape index (κ2) is 7.70. The average Bonchev–Trinajstić information content (AvgIpc) is 3.18. The van der Waals surface area contributed by atoms with E-state index in [0.29, 0.717) is 16.9 Å². The van der Waals surface area contributed by atoms with Crippen molar-refractivity contribution in [3.63, 3.8) is 0 Å². The van der Waals surface area contributed by atoms with Crippen LogP contribution in [0.15, 0.2) is 71.3 Å². The van der Waals surface area contributed by atoms with Crippen molar-refractivity contribution in [2.45, 2.75) is 13.0 Å². The summed E-state index contributed by atoms with van der Waals surface area (Å²) in [6.07, 6.45) is 0.485. The molecule has 1 unspecified atom stereocenters. The predicted octanol–water partition coefficient (Wildman–Crippen LogP) is 4.38. The van der Waals surface area contributed by atoms with Crippen LogP contribution in [0.5, 0.6) is 5.75 Å². The maximum absolute atomic E-state index is 12.5. The molecule has 0 bridgehead atoms. The van der Waals surface area contributed by atoms with Gasteiger partial charge in [-0.15, -0.1) is 0 Å². The number of ketones is 1. The Kier molecular flexibility index (Phi) is 5.17. The van der Waals surface area contributed by atoms with E-state index in [2.05, 4.69) is 0 Å². The van der Waals surface area contributed by atoms with Gasteiger partial charge in [-0.1, -0.05) is 30.3 Å². The Labute approximate surface area is 151 Å². The van der Waals surface area contributed by atoms with E-state index >= 15 is 0 Å². The molecule has 132 valence electrons. The summed E-state index contributed by atoms with van der Waals surface area (Å²) in [7, 11) is 1.55. The number of rotatable bonds is 6. The third kappa shape index (κ3) is 3.67. The van der Waals surface area contributed by atoms with E-state index in [4.69, 9.17) is 13.9 Å². The minimum absolute atomic E-state index is 0.0746. The molecule has 5 nitrogen and oxygen atoms in total. The second-order valence-electron chi connectivity index (χ2n) is 5.67. The lowest BCUT2D eigenvalue weighted by Crippen LogP contribution is -2.24. The van der Waals surface area contributed by atoms with Crippen LogP contribution in [-0.2, 0) is 4.74 Å². The number of carbonyl (C=O) groups excluding carboxylic acids is 2. The van der Waals surface area contributed by atoms with Gasteiger partial charge in [0.25, 0.3) is 0 Å². The van der Waals surface area contributed by atoms with Gasteiger partial charge in [0.15, 0.2) is 6.10 Å². The summed E-state index contributed by atoms with van der Waals surface area (Å²) in [4.78, 5) is 24.9. The molecular weight excluding hydrogens is 332 g/mol. The second-order valence-corrected chi connectivity index (χ2v) is 5.67. The average molecular weight is 350 g/mol. The van der Waals surface area contributed by atoms with Crippen LogP contribution in [0.2, 0.25) is 0 Å². The lowest BCUT2D eigenvalue weighted by Gasteiger charge is -2.12. The highest BCUT2D eigenvalue weighted by molar-refractivity contribution is 6.02. The Bertz CT molecular complexity index is 894. The summed E-state index contributed by atoms with van der Waals surface area (Å²) in [5, 5.41) is 0. The minimum Gasteiger partial charge on any atom is -0.497 e. The Morgan fingerprint density at radius 2 is 1.65 bits per heavy atom. The number of carbonyl (C=O) groups is 2. The number of hydrogen-bond donors (Lipinski definition) is 0. The molecule has 0 aliphatic carbocycles. The largest absolute Gasteiger partial charge is 0.497 e. The maximum atomic E-state index is 12.5. The van der Waals surface area contributed by atoms with E-state index < -0.39 is 12.1 Å². The zero-order valence-electron chi connectivity index (χ0n) is 14.5. The molecule has 0 spiro atoms. The Morgan fingerprint density at radius 3 is 2.31 bits per heavy atom. The van der Waals surface area contributed by atoms with E-state index in [1.807, 2.05) is 30.3 Å². The fourth-order valence-electron chi connectivity index (χ4n) is 2.57. The predicted molar refractivity (Wildman–Crippen MR) is 96.3 cm³/mol. The van der Waals surface area contributed by atoms with Crippen molar-refractivity contribution in [3.05, 3.63) is 78.3 Å². The third-order valence-electron chi connectivity index (χ3n) is 3.96. The van der Waals surface area contributed by atoms with E-state index in [0.717, 1.165) is 5.56 Å². The topological polar surface area (TPSA) is 65.7 Å². The molecule has 3 rings (SSSR count). The zero-order valence-corrected chi connectivity index (χ0v) is 14.5. The van der Waals surface area contributed by atoms with E-state index in [9.17, 15) is 9.59 Å². The molecular formula is C21H18O5. The first-order chi connectivity index (χ1) is 12.6. The van der Waals surface area contributed by atoms with Gasteiger partial charge < -0.3 is 13.9 Å². The van der Waals surface area contributed by atoms with Gasteiger partial charge in [-0.2, -0.15) is 0 Å². The van der Waals surface area contributed by atoms with Crippen LogP contribution in [0.25, 0.3) is 11.1 Å². The summed E-state index contributed by atoms with van der Waals surface area (Å²) in [6, 6.07) is 17.7. The molecule has 3 aromatic rings. The first-order valence-corrected chi connectivity index (χ1v) is 8.12. The molecule has 5 heteroatoms. The number of methoxy groups -OCH3 is 1. The third-order valence-corrected chi connectivity index (χ3v) is 3.96. The Hall–Kier alpha value is -3.34. The molecule has 26 heavy (non-hydrogen) atoms. The number of ether oxygens (including phenoxy) is 2. The molecule has 0 aliphatic heterocycles. The van der Waals surface area contributed by atoms with Gasteiger partial charge in [0.05, 0.1) is 13.4 Å². The van der Waals surface area contributed by atoms with Crippen molar-refractivity contribution in [2.75, 3.05) is 7.11 Å². The van der Waals surface area contributed by atoms with Crippen molar-refractivity contribution in [2.24, 2.45) is 0 Å². The van der Waals surface area contributed by atoms with Gasteiger partial charge in [0.1, 0.15) is 5.75 Å². The van der Waals surface area contributed by atoms with Gasteiger partial charge in [0, 0.05) is 11.1 Å². The Balaban J connectivity index is 1.74. The zero-order chi connectivity index (χ0) is 18.5. The molecule has 1 heterocycles. The van der Waals surface area contributed by atoms with E-state index in [1.54, 1.807) is 37.4 Å². The monoisotopic (exact) mass is 350 g/mol. The van der Waals surface area contributed by atoms with Crippen LogP contribution in [-0.4, -0.2) is 25.0 Å². The van der Waals surface area contributed by atoms with E-state index in [-0.39, 0.29) is 11.5 Å². The maximum Gasteiger partial charge on any atom is 0.375 e. The fourth-order valence-corrected chi connectivity index (χ4v) is 2.57. The quantitative estimate of drug-likeness (QED) is 0.487. The van der Waals surface area contributed by atoms with Crippen LogP contribution < -0.4 is 4.74 Å². The highest BCUT2D eigenvalue weighted by Crippen LogP contribution is 2.26. The summed E-state index contributed by atoms with van der Waals surface area (Å²) >= 11 is 0. The van der Waals surface area contributed by atoms with Gasteiger partial charge in [0.2, 0.25) is 11.5 Å². The van der Waals surface area contributed by atoms with Gasteiger partial charge in [-0.3, -0.25) is 4.79 Å². The number of esters is 1. The van der Waals surface area contributed by atoms with Crippen molar-refractivity contribution in [3.8, 4) is 16.9 Å². The number of benzene rings is 2. The van der Waals surface area contributed by atoms with Crippen molar-refractivity contribution >= 4 is 11.8 Å². The fraction of sp³-hybridized carbons (Fsp3) is 0.143. The van der Waals surface area contributed by atoms with E-state index in [1.165, 1.54) is 13.2 Å². The van der Waals surface area contributed by atoms with Gasteiger partial charge in [-0.05, 0) is 42.8 Å². The summed E-state index contributed by atoms with van der Waals surface area (Å²) < 4.78 is 15.7. The van der Waals surface area contributed by atoms with Gasteiger partial charge in [-0.25, -0.2) is 4.79 Å². The number of furan rings is 1. The first-order valence-electron chi connectivity index (χ1n) is 8.12. The minimum atomic E-state index is -0.940. The van der Waals surface area contributed by atoms with Crippen molar-refractivity contribution < 1.29 is 23.5 Å². The van der Waals surface area contributed by atoms with Crippen LogP contribution in [0.3, 0.4) is 0 Å². The molecule has 0 amide bonds.